The van der Waals surface area contributed by atoms with Gasteiger partial charge in [0.25, 0.3) is 0 Å². The minimum absolute atomic E-state index is 0.220. The van der Waals surface area contributed by atoms with E-state index in [2.05, 4.69) is 42.9 Å². The first-order valence-electron chi connectivity index (χ1n) is 6.43. The molecule has 1 aliphatic rings. The highest BCUT2D eigenvalue weighted by Crippen LogP contribution is 2.20. The van der Waals surface area contributed by atoms with Gasteiger partial charge in [-0.15, -0.1) is 11.3 Å². The number of aryl methyl sites for hydroxylation is 1. The SMILES string of the molecule is CCc1cnc(CN2CC(C)(C)NCC2C)s1. The van der Waals surface area contributed by atoms with Crippen LogP contribution in [0.3, 0.4) is 0 Å². The van der Waals surface area contributed by atoms with Crippen LogP contribution in [-0.2, 0) is 13.0 Å². The molecule has 1 aliphatic heterocycles. The Kier molecular flexibility index (Phi) is 3.85. The minimum Gasteiger partial charge on any atom is -0.309 e. The van der Waals surface area contributed by atoms with Crippen LogP contribution in [0, 0.1) is 0 Å². The predicted molar refractivity (Wildman–Crippen MR) is 73.4 cm³/mol. The maximum absolute atomic E-state index is 4.52. The van der Waals surface area contributed by atoms with E-state index < -0.39 is 0 Å². The summed E-state index contributed by atoms with van der Waals surface area (Å²) >= 11 is 1.86. The third kappa shape index (κ3) is 3.27. The second-order valence-electron chi connectivity index (χ2n) is 5.59. The highest BCUT2D eigenvalue weighted by atomic mass is 32.1. The van der Waals surface area contributed by atoms with E-state index in [9.17, 15) is 0 Å². The minimum atomic E-state index is 0.220. The molecule has 96 valence electrons. The first-order chi connectivity index (χ1) is 8.00. The second-order valence-corrected chi connectivity index (χ2v) is 6.79. The molecule has 0 aliphatic carbocycles. The maximum Gasteiger partial charge on any atom is 0.107 e. The molecule has 2 heterocycles. The largest absolute Gasteiger partial charge is 0.309 e. The number of hydrogen-bond acceptors (Lipinski definition) is 4. The number of thiazole rings is 1. The van der Waals surface area contributed by atoms with Gasteiger partial charge in [-0.2, -0.15) is 0 Å². The number of nitrogens with zero attached hydrogens (tertiary/aromatic N) is 2. The van der Waals surface area contributed by atoms with Crippen molar-refractivity contribution >= 4 is 11.3 Å². The molecule has 0 radical (unpaired) electrons. The Bertz CT molecular complexity index is 372. The molecule has 1 N–H and O–H groups in total. The van der Waals surface area contributed by atoms with Gasteiger partial charge in [-0.1, -0.05) is 6.92 Å². The monoisotopic (exact) mass is 253 g/mol. The van der Waals surface area contributed by atoms with Gasteiger partial charge >= 0.3 is 0 Å². The molecule has 1 unspecified atom stereocenters. The molecule has 0 saturated carbocycles. The first kappa shape index (κ1) is 13.0. The molecule has 17 heavy (non-hydrogen) atoms. The van der Waals surface area contributed by atoms with Gasteiger partial charge < -0.3 is 5.32 Å². The summed E-state index contributed by atoms with van der Waals surface area (Å²) in [5.74, 6) is 0. The van der Waals surface area contributed by atoms with Crippen molar-refractivity contribution in [1.29, 1.82) is 0 Å². The van der Waals surface area contributed by atoms with E-state index in [0.717, 1.165) is 26.1 Å². The van der Waals surface area contributed by atoms with Gasteiger partial charge in [-0.05, 0) is 27.2 Å². The summed E-state index contributed by atoms with van der Waals surface area (Å²) in [6.07, 6.45) is 3.12. The van der Waals surface area contributed by atoms with Crippen LogP contribution in [0.5, 0.6) is 0 Å². The molecule has 2 rings (SSSR count). The van der Waals surface area contributed by atoms with E-state index in [-0.39, 0.29) is 5.54 Å². The maximum atomic E-state index is 4.52. The number of hydrogen-bond donors (Lipinski definition) is 1. The Balaban J connectivity index is 2.01. The van der Waals surface area contributed by atoms with Crippen LogP contribution < -0.4 is 5.32 Å². The Hall–Kier alpha value is -0.450. The van der Waals surface area contributed by atoms with Crippen molar-refractivity contribution in [2.45, 2.75) is 52.2 Å². The highest BCUT2D eigenvalue weighted by molar-refractivity contribution is 7.11. The lowest BCUT2D eigenvalue weighted by Crippen LogP contribution is -2.60. The van der Waals surface area contributed by atoms with Gasteiger partial charge in [0.1, 0.15) is 5.01 Å². The molecular formula is C13H23N3S. The lowest BCUT2D eigenvalue weighted by atomic mass is 9.99. The van der Waals surface area contributed by atoms with Crippen LogP contribution in [0.25, 0.3) is 0 Å². The number of piperazine rings is 1. The summed E-state index contributed by atoms with van der Waals surface area (Å²) in [4.78, 5) is 8.45. The molecule has 3 nitrogen and oxygen atoms in total. The van der Waals surface area contributed by atoms with Crippen molar-refractivity contribution in [1.82, 2.24) is 15.2 Å². The molecule has 0 spiro atoms. The fourth-order valence-corrected chi connectivity index (χ4v) is 3.13. The van der Waals surface area contributed by atoms with Gasteiger partial charge in [0.15, 0.2) is 0 Å². The quantitative estimate of drug-likeness (QED) is 0.896. The summed E-state index contributed by atoms with van der Waals surface area (Å²) in [5.41, 5.74) is 0.220. The van der Waals surface area contributed by atoms with E-state index in [1.54, 1.807) is 0 Å². The summed E-state index contributed by atoms with van der Waals surface area (Å²) in [7, 11) is 0. The van der Waals surface area contributed by atoms with Crippen molar-refractivity contribution < 1.29 is 0 Å². The van der Waals surface area contributed by atoms with Crippen LogP contribution >= 0.6 is 11.3 Å². The molecule has 1 saturated heterocycles. The Morgan fingerprint density at radius 1 is 1.59 bits per heavy atom. The van der Waals surface area contributed by atoms with Crippen LogP contribution in [0.1, 0.15) is 37.6 Å². The summed E-state index contributed by atoms with van der Waals surface area (Å²) in [6.45, 7) is 12.2. The molecule has 0 aromatic carbocycles. The molecule has 1 fully saturated rings. The van der Waals surface area contributed by atoms with E-state index in [1.165, 1.54) is 9.88 Å². The second kappa shape index (κ2) is 5.04. The standard InChI is InChI=1S/C13H23N3S/c1-5-11-7-14-12(17-11)8-16-9-13(3,4)15-6-10(16)2/h7,10,15H,5-6,8-9H2,1-4H3. The number of aromatic nitrogens is 1. The van der Waals surface area contributed by atoms with Crippen LogP contribution in [-0.4, -0.2) is 34.6 Å². The average Bonchev–Trinajstić information content (AvgIpc) is 2.71. The van der Waals surface area contributed by atoms with Gasteiger partial charge in [-0.3, -0.25) is 4.90 Å². The molecule has 1 aromatic heterocycles. The predicted octanol–water partition coefficient (Wildman–Crippen LogP) is 2.28. The lowest BCUT2D eigenvalue weighted by molar-refractivity contribution is 0.0977. The number of nitrogens with one attached hydrogen (secondary N) is 1. The zero-order valence-corrected chi connectivity index (χ0v) is 12.1. The van der Waals surface area contributed by atoms with E-state index >= 15 is 0 Å². The van der Waals surface area contributed by atoms with E-state index in [0.29, 0.717) is 6.04 Å². The van der Waals surface area contributed by atoms with E-state index in [4.69, 9.17) is 0 Å². The fraction of sp³-hybridized carbons (Fsp3) is 0.769. The highest BCUT2D eigenvalue weighted by Gasteiger charge is 2.30. The normalized spacial score (nSPS) is 25.1. The molecule has 4 heteroatoms. The van der Waals surface area contributed by atoms with Crippen molar-refractivity contribution in [3.63, 3.8) is 0 Å². The summed E-state index contributed by atoms with van der Waals surface area (Å²) < 4.78 is 0. The summed E-state index contributed by atoms with van der Waals surface area (Å²) in [6, 6.07) is 0.594. The first-order valence-corrected chi connectivity index (χ1v) is 7.24. The van der Waals surface area contributed by atoms with Gasteiger partial charge in [0, 0.05) is 35.7 Å². The van der Waals surface area contributed by atoms with Crippen LogP contribution in [0.2, 0.25) is 0 Å². The van der Waals surface area contributed by atoms with Crippen molar-refractivity contribution in [3.05, 3.63) is 16.1 Å². The third-order valence-electron chi connectivity index (χ3n) is 3.39. The molecule has 1 aromatic rings. The fourth-order valence-electron chi connectivity index (χ4n) is 2.24. The lowest BCUT2D eigenvalue weighted by Gasteiger charge is -2.43. The zero-order valence-electron chi connectivity index (χ0n) is 11.3. The Morgan fingerprint density at radius 2 is 2.35 bits per heavy atom. The molecule has 1 atom stereocenters. The van der Waals surface area contributed by atoms with Gasteiger partial charge in [-0.25, -0.2) is 4.98 Å². The smallest absolute Gasteiger partial charge is 0.107 e. The Labute approximate surface area is 108 Å². The van der Waals surface area contributed by atoms with Crippen molar-refractivity contribution in [3.8, 4) is 0 Å². The summed E-state index contributed by atoms with van der Waals surface area (Å²) in [5, 5.41) is 4.84. The molecule has 0 amide bonds. The van der Waals surface area contributed by atoms with E-state index in [1.807, 2.05) is 17.5 Å². The van der Waals surface area contributed by atoms with Crippen molar-refractivity contribution in [2.24, 2.45) is 0 Å². The average molecular weight is 253 g/mol. The third-order valence-corrected chi connectivity index (χ3v) is 4.51. The topological polar surface area (TPSA) is 28.2 Å². The molecular weight excluding hydrogens is 230 g/mol. The zero-order chi connectivity index (χ0) is 12.5. The van der Waals surface area contributed by atoms with Crippen molar-refractivity contribution in [2.75, 3.05) is 13.1 Å². The van der Waals surface area contributed by atoms with Gasteiger partial charge in [0.2, 0.25) is 0 Å². The number of rotatable bonds is 3. The van der Waals surface area contributed by atoms with Crippen LogP contribution in [0.15, 0.2) is 6.20 Å². The van der Waals surface area contributed by atoms with Crippen LogP contribution in [0.4, 0.5) is 0 Å². The Morgan fingerprint density at radius 3 is 3.00 bits per heavy atom. The molecule has 0 bridgehead atoms. The van der Waals surface area contributed by atoms with Gasteiger partial charge in [0.05, 0.1) is 6.54 Å².